The molecule has 1 aliphatic heterocycles. The summed E-state index contributed by atoms with van der Waals surface area (Å²) in [5, 5.41) is 7.60. The maximum Gasteiger partial charge on any atom is 0.343 e. The lowest BCUT2D eigenvalue weighted by atomic mass is 9.80. The van der Waals surface area contributed by atoms with E-state index in [9.17, 15) is 14.4 Å². The minimum Gasteiger partial charge on any atom is -0.346 e. The number of anilines is 1. The van der Waals surface area contributed by atoms with Crippen LogP contribution in [0.5, 0.6) is 0 Å². The van der Waals surface area contributed by atoms with Crippen LogP contribution in [0, 0.1) is 0 Å². The molecule has 3 N–H and O–H groups in total. The van der Waals surface area contributed by atoms with Gasteiger partial charge in [-0.1, -0.05) is 48.9 Å². The van der Waals surface area contributed by atoms with E-state index in [1.54, 1.807) is 16.7 Å². The van der Waals surface area contributed by atoms with E-state index < -0.39 is 11.6 Å². The standard InChI is InChI=1S/C30H35N5O3S/c1-34-16-18-35(19-17-34)29-32-26(21-39-29)23-10-12-24(13-11-23)27(37)33-30(14-6-3-7-15-30)28(38)31-25(20-36)22-8-4-2-5-9-22/h2,4-5,8-13,20-21,25H,3,6-7,14-19H2,1H3,(H,31,38)(H,33,37)/p+1/t25-/m1/s1. The van der Waals surface area contributed by atoms with Gasteiger partial charge in [-0.2, -0.15) is 0 Å². The number of amides is 2. The number of piperazine rings is 1. The Hall–Kier alpha value is -3.40. The number of carbonyl (C=O) groups is 3. The molecule has 204 valence electrons. The molecule has 5 rings (SSSR count). The van der Waals surface area contributed by atoms with Gasteiger partial charge in [-0.25, -0.2) is 9.78 Å². The second-order valence-electron chi connectivity index (χ2n) is 10.6. The van der Waals surface area contributed by atoms with Crippen LogP contribution in [-0.4, -0.2) is 66.8 Å². The van der Waals surface area contributed by atoms with Gasteiger partial charge >= 0.3 is 5.91 Å². The average Bonchev–Trinajstić information content (AvgIpc) is 3.47. The van der Waals surface area contributed by atoms with Gasteiger partial charge in [0.2, 0.25) is 0 Å². The Balaban J connectivity index is 1.27. The first-order valence-electron chi connectivity index (χ1n) is 13.7. The van der Waals surface area contributed by atoms with Crippen molar-refractivity contribution in [1.82, 2.24) is 15.2 Å². The minimum absolute atomic E-state index is 0.169. The van der Waals surface area contributed by atoms with Crippen LogP contribution in [0.2, 0.25) is 0 Å². The van der Waals surface area contributed by atoms with Crippen molar-refractivity contribution in [1.29, 1.82) is 0 Å². The molecule has 9 heteroatoms. The van der Waals surface area contributed by atoms with E-state index in [0.717, 1.165) is 73.7 Å². The number of thiazole rings is 1. The molecule has 2 fully saturated rings. The van der Waals surface area contributed by atoms with Crippen LogP contribution in [0.1, 0.15) is 54.1 Å². The topological polar surface area (TPSA) is 99.2 Å². The smallest absolute Gasteiger partial charge is 0.343 e. The number of quaternary nitrogens is 1. The quantitative estimate of drug-likeness (QED) is 0.422. The lowest BCUT2D eigenvalue weighted by Crippen LogP contribution is -3.02. The molecule has 2 aromatic carbocycles. The van der Waals surface area contributed by atoms with E-state index in [2.05, 4.69) is 27.5 Å². The van der Waals surface area contributed by atoms with E-state index >= 15 is 0 Å². The Labute approximate surface area is 233 Å². The normalized spacial score (nSPS) is 18.3. The van der Waals surface area contributed by atoms with Gasteiger partial charge < -0.3 is 19.9 Å². The first kappa shape index (κ1) is 27.2. The predicted octanol–water partition coefficient (Wildman–Crippen LogP) is 3.02. The number of aldehydes is 1. The van der Waals surface area contributed by atoms with Crippen LogP contribution in [0.15, 0.2) is 60.0 Å². The highest BCUT2D eigenvalue weighted by atomic mass is 32.1. The summed E-state index contributed by atoms with van der Waals surface area (Å²) >= 11 is 1.65. The zero-order valence-corrected chi connectivity index (χ0v) is 23.2. The number of nitrogens with zero attached hydrogens (tertiary/aromatic N) is 3. The van der Waals surface area contributed by atoms with Crippen molar-refractivity contribution in [3.05, 3.63) is 71.1 Å². The maximum atomic E-state index is 13.6. The maximum absolute atomic E-state index is 13.6. The van der Waals surface area contributed by atoms with Gasteiger partial charge in [0, 0.05) is 50.0 Å². The molecule has 1 atom stereocenters. The second kappa shape index (κ2) is 12.2. The zero-order valence-electron chi connectivity index (χ0n) is 22.3. The summed E-state index contributed by atoms with van der Waals surface area (Å²) in [6.45, 7) is 4.01. The number of hydrogen-bond acceptors (Lipinski definition) is 7. The molecule has 0 bridgehead atoms. The summed E-state index contributed by atoms with van der Waals surface area (Å²) in [6, 6.07) is 15.9. The number of benzene rings is 2. The third-order valence-corrected chi connectivity index (χ3v) is 8.82. The Morgan fingerprint density at radius 3 is 2.36 bits per heavy atom. The zero-order chi connectivity index (χ0) is 27.2. The summed E-state index contributed by atoms with van der Waals surface area (Å²) in [4.78, 5) is 48.3. The third-order valence-electron chi connectivity index (χ3n) is 7.92. The molecule has 1 saturated heterocycles. The fourth-order valence-electron chi connectivity index (χ4n) is 5.44. The van der Waals surface area contributed by atoms with Crippen LogP contribution < -0.4 is 15.5 Å². The van der Waals surface area contributed by atoms with E-state index in [1.807, 2.05) is 54.6 Å². The van der Waals surface area contributed by atoms with Gasteiger partial charge in [0.15, 0.2) is 10.7 Å². The Morgan fingerprint density at radius 2 is 1.69 bits per heavy atom. The highest BCUT2D eigenvalue weighted by Gasteiger charge is 2.46. The van der Waals surface area contributed by atoms with Crippen molar-refractivity contribution in [2.75, 3.05) is 38.1 Å². The summed E-state index contributed by atoms with van der Waals surface area (Å²) in [7, 11) is 2.14. The molecule has 2 aliphatic rings. The van der Waals surface area contributed by atoms with Crippen LogP contribution in [-0.2, 0) is 9.59 Å². The first-order valence-corrected chi connectivity index (χ1v) is 14.6. The largest absolute Gasteiger partial charge is 0.346 e. The second-order valence-corrected chi connectivity index (χ2v) is 11.4. The third kappa shape index (κ3) is 6.27. The van der Waals surface area contributed by atoms with Gasteiger partial charge in [-0.3, -0.25) is 10.1 Å². The monoisotopic (exact) mass is 546 g/mol. The molecular formula is C30H36N5O3S+. The number of primary amides is 1. The molecule has 2 amide bonds. The molecule has 2 heterocycles. The molecule has 1 aliphatic carbocycles. The van der Waals surface area contributed by atoms with E-state index in [-0.39, 0.29) is 11.8 Å². The van der Waals surface area contributed by atoms with Crippen molar-refractivity contribution in [2.45, 2.75) is 43.7 Å². The van der Waals surface area contributed by atoms with Crippen molar-refractivity contribution in [2.24, 2.45) is 0 Å². The molecule has 1 aromatic heterocycles. The number of carbonyl (C=O) groups excluding carboxylic acids is 3. The van der Waals surface area contributed by atoms with Crippen LogP contribution in [0.3, 0.4) is 0 Å². The van der Waals surface area contributed by atoms with Crippen molar-refractivity contribution < 1.29 is 19.7 Å². The molecule has 0 spiro atoms. The van der Waals surface area contributed by atoms with Gasteiger partial charge in [0.1, 0.15) is 12.3 Å². The predicted molar refractivity (Wildman–Crippen MR) is 153 cm³/mol. The number of hydrogen-bond donors (Lipinski definition) is 2. The van der Waals surface area contributed by atoms with Gasteiger partial charge in [-0.05, 0) is 37.6 Å². The number of rotatable bonds is 8. The van der Waals surface area contributed by atoms with Gasteiger partial charge in [0.25, 0.3) is 5.91 Å². The van der Waals surface area contributed by atoms with Crippen molar-refractivity contribution in [3.8, 4) is 11.3 Å². The Morgan fingerprint density at radius 1 is 1.00 bits per heavy atom. The molecular weight excluding hydrogens is 510 g/mol. The molecule has 3 aromatic rings. The number of nitrogens with one attached hydrogen (secondary N) is 1. The summed E-state index contributed by atoms with van der Waals surface area (Å²) in [5.74, 6) is -0.426. The first-order chi connectivity index (χ1) is 19.0. The molecule has 0 unspecified atom stereocenters. The number of likely N-dealkylation sites (N-methyl/N-ethyl adjacent to an activating group) is 1. The van der Waals surface area contributed by atoms with E-state index in [4.69, 9.17) is 4.98 Å². The molecule has 0 radical (unpaired) electrons. The van der Waals surface area contributed by atoms with Crippen molar-refractivity contribution >= 4 is 34.6 Å². The van der Waals surface area contributed by atoms with E-state index in [0.29, 0.717) is 18.4 Å². The fraction of sp³-hybridized carbons (Fsp3) is 0.400. The number of aromatic nitrogens is 1. The molecule has 8 nitrogen and oxygen atoms in total. The van der Waals surface area contributed by atoms with Crippen LogP contribution in [0.25, 0.3) is 11.3 Å². The SMILES string of the molecule is CN1CCN(c2nc(-c3ccc(C(=O)[NH2+]C4(C(=O)N[C@H](C=O)c5ccccc5)CCCCC4)cc3)cs2)CC1. The average molecular weight is 547 g/mol. The molecule has 1 saturated carbocycles. The summed E-state index contributed by atoms with van der Waals surface area (Å²) in [5.41, 5.74) is 2.22. The van der Waals surface area contributed by atoms with Gasteiger partial charge in [0.05, 0.1) is 11.3 Å². The fourth-order valence-corrected chi connectivity index (χ4v) is 6.33. The lowest BCUT2D eigenvalue weighted by Gasteiger charge is -2.33. The highest BCUT2D eigenvalue weighted by molar-refractivity contribution is 7.14. The summed E-state index contributed by atoms with van der Waals surface area (Å²) < 4.78 is 0. The van der Waals surface area contributed by atoms with Crippen LogP contribution >= 0.6 is 11.3 Å². The lowest BCUT2D eigenvalue weighted by molar-refractivity contribution is -0.625. The van der Waals surface area contributed by atoms with Gasteiger partial charge in [-0.15, -0.1) is 11.3 Å². The minimum atomic E-state index is -0.920. The van der Waals surface area contributed by atoms with E-state index in [1.165, 1.54) is 0 Å². The van der Waals surface area contributed by atoms with Crippen molar-refractivity contribution in [3.63, 3.8) is 0 Å². The van der Waals surface area contributed by atoms with Crippen LogP contribution in [0.4, 0.5) is 5.13 Å². The summed E-state index contributed by atoms with van der Waals surface area (Å²) in [6.07, 6.45) is 4.70. The Bertz CT molecular complexity index is 1280. The highest BCUT2D eigenvalue weighted by Crippen LogP contribution is 2.29. The number of nitrogens with two attached hydrogens (primary N) is 1. The molecule has 39 heavy (non-hydrogen) atoms. The Kier molecular flexibility index (Phi) is 8.50.